The Labute approximate surface area is 120 Å². The molecule has 1 fully saturated rings. The second-order valence-corrected chi connectivity index (χ2v) is 6.58. The monoisotopic (exact) mass is 276 g/mol. The van der Waals surface area contributed by atoms with E-state index in [0.717, 1.165) is 5.69 Å². The topological polar surface area (TPSA) is 66.6 Å². The van der Waals surface area contributed by atoms with Crippen molar-refractivity contribution in [2.75, 3.05) is 17.7 Å². The van der Waals surface area contributed by atoms with Gasteiger partial charge >= 0.3 is 5.97 Å². The van der Waals surface area contributed by atoms with Gasteiger partial charge in [-0.15, -0.1) is 0 Å². The normalized spacial score (nSPS) is 18.8. The molecule has 1 aromatic rings. The highest BCUT2D eigenvalue weighted by Crippen LogP contribution is 2.38. The predicted molar refractivity (Wildman–Crippen MR) is 82.3 cm³/mol. The third-order valence-electron chi connectivity index (χ3n) is 4.53. The van der Waals surface area contributed by atoms with Gasteiger partial charge in [0.25, 0.3) is 0 Å². The van der Waals surface area contributed by atoms with Crippen LogP contribution in [0.15, 0.2) is 18.2 Å². The van der Waals surface area contributed by atoms with E-state index >= 15 is 0 Å². The van der Waals surface area contributed by atoms with Crippen LogP contribution in [0.1, 0.15) is 49.9 Å². The van der Waals surface area contributed by atoms with Crippen LogP contribution in [0.5, 0.6) is 0 Å². The number of carbonyl (C=O) groups is 1. The molecule has 0 bridgehead atoms. The zero-order valence-electron chi connectivity index (χ0n) is 12.5. The summed E-state index contributed by atoms with van der Waals surface area (Å²) in [4.78, 5) is 13.2. The maximum atomic E-state index is 11.0. The molecule has 1 saturated carbocycles. The molecular formula is C16H24N2O2. The fourth-order valence-electron chi connectivity index (χ4n) is 2.95. The number of carboxylic acids is 1. The van der Waals surface area contributed by atoms with Gasteiger partial charge in [-0.1, -0.05) is 13.8 Å². The molecule has 110 valence electrons. The van der Waals surface area contributed by atoms with Crippen LogP contribution in [0.3, 0.4) is 0 Å². The van der Waals surface area contributed by atoms with E-state index in [1.807, 2.05) is 6.07 Å². The average Bonchev–Trinajstić information content (AvgIpc) is 2.37. The summed E-state index contributed by atoms with van der Waals surface area (Å²) in [5.41, 5.74) is 7.78. The Bertz CT molecular complexity index is 501. The zero-order chi connectivity index (χ0) is 14.9. The van der Waals surface area contributed by atoms with Crippen LogP contribution in [-0.4, -0.2) is 24.2 Å². The number of nitrogens with two attached hydrogens (primary N) is 1. The van der Waals surface area contributed by atoms with E-state index < -0.39 is 5.97 Å². The molecule has 3 N–H and O–H groups in total. The highest BCUT2D eigenvalue weighted by atomic mass is 16.4. The lowest BCUT2D eigenvalue weighted by Gasteiger charge is -2.39. The first kappa shape index (κ1) is 14.7. The molecular weight excluding hydrogens is 252 g/mol. The summed E-state index contributed by atoms with van der Waals surface area (Å²) in [5.74, 6) is -0.976. The van der Waals surface area contributed by atoms with Gasteiger partial charge in [0.1, 0.15) is 0 Å². The van der Waals surface area contributed by atoms with Crippen LogP contribution in [-0.2, 0) is 0 Å². The van der Waals surface area contributed by atoms with Crippen molar-refractivity contribution >= 4 is 17.3 Å². The van der Waals surface area contributed by atoms with Crippen molar-refractivity contribution in [2.45, 2.75) is 45.6 Å². The third kappa shape index (κ3) is 3.06. The van der Waals surface area contributed by atoms with Gasteiger partial charge in [-0.3, -0.25) is 0 Å². The third-order valence-corrected chi connectivity index (χ3v) is 4.53. The van der Waals surface area contributed by atoms with Gasteiger partial charge < -0.3 is 15.7 Å². The molecule has 1 aliphatic rings. The Morgan fingerprint density at radius 2 is 1.95 bits per heavy atom. The van der Waals surface area contributed by atoms with Crippen molar-refractivity contribution < 1.29 is 9.90 Å². The Morgan fingerprint density at radius 1 is 1.35 bits per heavy atom. The van der Waals surface area contributed by atoms with Crippen molar-refractivity contribution in [3.63, 3.8) is 0 Å². The summed E-state index contributed by atoms with van der Waals surface area (Å²) in [6.07, 6.45) is 4.80. The van der Waals surface area contributed by atoms with Crippen LogP contribution < -0.4 is 10.6 Å². The number of hydrogen-bond acceptors (Lipinski definition) is 3. The molecule has 0 aliphatic heterocycles. The first-order valence-corrected chi connectivity index (χ1v) is 7.16. The number of anilines is 2. The van der Waals surface area contributed by atoms with Crippen molar-refractivity contribution in [3.05, 3.63) is 23.8 Å². The first-order chi connectivity index (χ1) is 9.30. The summed E-state index contributed by atoms with van der Waals surface area (Å²) >= 11 is 0. The number of nitrogens with zero attached hydrogens (tertiary/aromatic N) is 1. The van der Waals surface area contributed by atoms with Crippen LogP contribution >= 0.6 is 0 Å². The lowest BCUT2D eigenvalue weighted by atomic mass is 9.75. The molecule has 0 heterocycles. The molecule has 0 unspecified atom stereocenters. The smallest absolute Gasteiger partial charge is 0.337 e. The lowest BCUT2D eigenvalue weighted by Crippen LogP contribution is -2.37. The van der Waals surface area contributed by atoms with Gasteiger partial charge in [0.2, 0.25) is 0 Å². The summed E-state index contributed by atoms with van der Waals surface area (Å²) < 4.78 is 0. The minimum Gasteiger partial charge on any atom is -0.478 e. The molecule has 20 heavy (non-hydrogen) atoms. The molecule has 0 aromatic heterocycles. The highest BCUT2D eigenvalue weighted by molar-refractivity contribution is 5.94. The molecule has 2 rings (SSSR count). The van der Waals surface area contributed by atoms with Crippen LogP contribution in [0, 0.1) is 5.41 Å². The molecule has 0 atom stereocenters. The predicted octanol–water partition coefficient (Wildman–Crippen LogP) is 3.37. The Hall–Kier alpha value is -1.71. The minimum absolute atomic E-state index is 0.173. The van der Waals surface area contributed by atoms with Crippen LogP contribution in [0.25, 0.3) is 0 Å². The van der Waals surface area contributed by atoms with E-state index in [2.05, 4.69) is 25.8 Å². The van der Waals surface area contributed by atoms with Gasteiger partial charge in [-0.2, -0.15) is 0 Å². The maximum absolute atomic E-state index is 11.0. The molecule has 0 saturated heterocycles. The Morgan fingerprint density at radius 3 is 2.45 bits per heavy atom. The average molecular weight is 276 g/mol. The Balaban J connectivity index is 2.12. The largest absolute Gasteiger partial charge is 0.478 e. The summed E-state index contributed by atoms with van der Waals surface area (Å²) in [5, 5.41) is 9.01. The minimum atomic E-state index is -0.976. The van der Waals surface area contributed by atoms with Crippen molar-refractivity contribution in [2.24, 2.45) is 5.41 Å². The highest BCUT2D eigenvalue weighted by Gasteiger charge is 2.29. The van der Waals surface area contributed by atoms with Crippen molar-refractivity contribution in [3.8, 4) is 0 Å². The van der Waals surface area contributed by atoms with Gasteiger partial charge in [-0.05, 0) is 49.3 Å². The van der Waals surface area contributed by atoms with E-state index in [1.54, 1.807) is 12.1 Å². The van der Waals surface area contributed by atoms with Gasteiger partial charge in [0.15, 0.2) is 0 Å². The summed E-state index contributed by atoms with van der Waals surface area (Å²) in [6, 6.07) is 5.72. The standard InChI is InChI=1S/C16H24N2O2/c1-16(2)8-6-11(7-9-16)18(3)12-4-5-13(15(19)20)14(17)10-12/h4-5,10-11H,6-9,17H2,1-3H3,(H,19,20). The molecule has 4 heteroatoms. The molecule has 4 nitrogen and oxygen atoms in total. The Kier molecular flexibility index (Phi) is 3.93. The van der Waals surface area contributed by atoms with Gasteiger partial charge in [-0.25, -0.2) is 4.79 Å². The number of carboxylic acid groups (broad SMARTS) is 1. The quantitative estimate of drug-likeness (QED) is 0.831. The van der Waals surface area contributed by atoms with Gasteiger partial charge in [0, 0.05) is 24.5 Å². The SMILES string of the molecule is CN(c1ccc(C(=O)O)c(N)c1)C1CCC(C)(C)CC1. The number of rotatable bonds is 3. The molecule has 0 amide bonds. The van der Waals surface area contributed by atoms with Gasteiger partial charge in [0.05, 0.1) is 5.56 Å². The number of nitrogen functional groups attached to an aromatic ring is 1. The first-order valence-electron chi connectivity index (χ1n) is 7.16. The fraction of sp³-hybridized carbons (Fsp3) is 0.562. The fourth-order valence-corrected chi connectivity index (χ4v) is 2.95. The van der Waals surface area contributed by atoms with Crippen LogP contribution in [0.4, 0.5) is 11.4 Å². The van der Waals surface area contributed by atoms with E-state index in [9.17, 15) is 4.79 Å². The molecule has 1 aromatic carbocycles. The molecule has 0 spiro atoms. The van der Waals surface area contributed by atoms with E-state index in [-0.39, 0.29) is 5.56 Å². The number of aromatic carboxylic acids is 1. The van der Waals surface area contributed by atoms with Crippen LogP contribution in [0.2, 0.25) is 0 Å². The van der Waals surface area contributed by atoms with E-state index in [4.69, 9.17) is 10.8 Å². The lowest BCUT2D eigenvalue weighted by molar-refractivity contribution is 0.0698. The van der Waals surface area contributed by atoms with E-state index in [1.165, 1.54) is 25.7 Å². The molecule has 0 radical (unpaired) electrons. The number of hydrogen-bond donors (Lipinski definition) is 2. The zero-order valence-corrected chi connectivity index (χ0v) is 12.5. The van der Waals surface area contributed by atoms with Crippen molar-refractivity contribution in [1.29, 1.82) is 0 Å². The number of benzene rings is 1. The maximum Gasteiger partial charge on any atom is 0.337 e. The van der Waals surface area contributed by atoms with E-state index in [0.29, 0.717) is 17.1 Å². The summed E-state index contributed by atoms with van der Waals surface area (Å²) in [7, 11) is 2.07. The second-order valence-electron chi connectivity index (χ2n) is 6.58. The summed E-state index contributed by atoms with van der Waals surface area (Å²) in [6.45, 7) is 4.64. The molecule has 1 aliphatic carbocycles. The second kappa shape index (κ2) is 5.35. The van der Waals surface area contributed by atoms with Crippen molar-refractivity contribution in [1.82, 2.24) is 0 Å².